The summed E-state index contributed by atoms with van der Waals surface area (Å²) in [7, 11) is 0. The molecule has 1 saturated heterocycles. The molecule has 0 bridgehead atoms. The Balaban J connectivity index is 1.72. The van der Waals surface area contributed by atoms with Crippen molar-refractivity contribution in [3.63, 3.8) is 0 Å². The van der Waals surface area contributed by atoms with Crippen LogP contribution in [0.25, 0.3) is 16.9 Å². The van der Waals surface area contributed by atoms with Crippen LogP contribution in [-0.2, 0) is 11.3 Å². The Bertz CT molecular complexity index is 976. The van der Waals surface area contributed by atoms with E-state index in [9.17, 15) is 14.3 Å². The van der Waals surface area contributed by atoms with Crippen LogP contribution in [0.1, 0.15) is 18.5 Å². The van der Waals surface area contributed by atoms with E-state index in [1.54, 1.807) is 30.6 Å². The molecule has 1 fully saturated rings. The predicted molar refractivity (Wildman–Crippen MR) is 100 cm³/mol. The highest BCUT2D eigenvalue weighted by molar-refractivity contribution is 5.70. The van der Waals surface area contributed by atoms with Crippen LogP contribution in [0.3, 0.4) is 0 Å². The van der Waals surface area contributed by atoms with Crippen LogP contribution in [0.4, 0.5) is 4.39 Å². The third kappa shape index (κ3) is 3.63. The molecule has 8 heteroatoms. The molecule has 1 aliphatic rings. The Morgan fingerprint density at radius 3 is 2.75 bits per heavy atom. The second-order valence-corrected chi connectivity index (χ2v) is 6.90. The number of halogens is 1. The number of carboxylic acid groups (broad SMARTS) is 1. The van der Waals surface area contributed by atoms with E-state index < -0.39 is 11.8 Å². The first kappa shape index (κ1) is 18.2. The number of nitrogens with zero attached hydrogens (tertiary/aromatic N) is 5. The van der Waals surface area contributed by atoms with E-state index in [1.165, 1.54) is 10.7 Å². The van der Waals surface area contributed by atoms with Crippen molar-refractivity contribution in [2.45, 2.75) is 19.4 Å². The molecular formula is C20H20FN5O2. The van der Waals surface area contributed by atoms with E-state index in [0.29, 0.717) is 36.6 Å². The van der Waals surface area contributed by atoms with Gasteiger partial charge in [0.2, 0.25) is 0 Å². The number of hydrogen-bond donors (Lipinski definition) is 1. The quantitative estimate of drug-likeness (QED) is 0.732. The van der Waals surface area contributed by atoms with Gasteiger partial charge in [-0.1, -0.05) is 17.3 Å². The van der Waals surface area contributed by atoms with Crippen molar-refractivity contribution in [2.24, 2.45) is 5.92 Å². The van der Waals surface area contributed by atoms with Gasteiger partial charge in [0, 0.05) is 31.0 Å². The lowest BCUT2D eigenvalue weighted by atomic mass is 9.98. The molecule has 144 valence electrons. The lowest BCUT2D eigenvalue weighted by molar-refractivity contribution is -0.143. The monoisotopic (exact) mass is 381 g/mol. The van der Waals surface area contributed by atoms with Crippen LogP contribution >= 0.6 is 0 Å². The van der Waals surface area contributed by atoms with Gasteiger partial charge in [0.15, 0.2) is 0 Å². The Hall–Kier alpha value is -3.13. The Morgan fingerprint density at radius 1 is 1.21 bits per heavy atom. The minimum Gasteiger partial charge on any atom is -0.481 e. The second-order valence-electron chi connectivity index (χ2n) is 6.90. The fraction of sp³-hybridized carbons (Fsp3) is 0.300. The van der Waals surface area contributed by atoms with Crippen molar-refractivity contribution in [1.82, 2.24) is 24.9 Å². The highest BCUT2D eigenvalue weighted by Gasteiger charge is 2.27. The molecule has 0 aliphatic carbocycles. The molecule has 1 unspecified atom stereocenters. The molecule has 28 heavy (non-hydrogen) atoms. The number of carboxylic acids is 1. The molecular weight excluding hydrogens is 361 g/mol. The third-order valence-electron chi connectivity index (χ3n) is 5.00. The summed E-state index contributed by atoms with van der Waals surface area (Å²) >= 11 is 0. The first-order chi connectivity index (χ1) is 13.6. The van der Waals surface area contributed by atoms with Crippen molar-refractivity contribution in [2.75, 3.05) is 13.1 Å². The van der Waals surface area contributed by atoms with Crippen LogP contribution in [0.2, 0.25) is 0 Å². The van der Waals surface area contributed by atoms with Crippen molar-refractivity contribution < 1.29 is 14.3 Å². The van der Waals surface area contributed by atoms with Crippen molar-refractivity contribution in [3.8, 4) is 16.9 Å². The number of carbonyl (C=O) groups is 1. The Kier molecular flexibility index (Phi) is 5.12. The number of pyridine rings is 1. The number of piperidine rings is 1. The summed E-state index contributed by atoms with van der Waals surface area (Å²) in [6.45, 7) is 1.72. The van der Waals surface area contributed by atoms with Gasteiger partial charge in [0.25, 0.3) is 0 Å². The van der Waals surface area contributed by atoms with Crippen LogP contribution < -0.4 is 0 Å². The summed E-state index contributed by atoms with van der Waals surface area (Å²) in [6.07, 6.45) is 4.84. The first-order valence-corrected chi connectivity index (χ1v) is 9.18. The standard InChI is InChI=1S/C20H20FN5O2/c21-16-5-1-2-6-18(16)26-19(14-7-9-22-10-8-14)17(23-24-26)13-25-11-3-4-15(12-25)20(27)28/h1-2,5-10,15H,3-4,11-13H2,(H,27,28). The fourth-order valence-electron chi connectivity index (χ4n) is 3.62. The normalized spacial score (nSPS) is 17.5. The molecule has 1 aromatic carbocycles. The molecule has 7 nitrogen and oxygen atoms in total. The zero-order valence-electron chi connectivity index (χ0n) is 15.2. The maximum Gasteiger partial charge on any atom is 0.307 e. The predicted octanol–water partition coefficient (Wildman–Crippen LogP) is 2.77. The van der Waals surface area contributed by atoms with Crippen molar-refractivity contribution in [1.29, 1.82) is 0 Å². The summed E-state index contributed by atoms with van der Waals surface area (Å²) in [5.74, 6) is -1.54. The van der Waals surface area contributed by atoms with Gasteiger partial charge in [-0.15, -0.1) is 5.10 Å². The van der Waals surface area contributed by atoms with Crippen LogP contribution in [0, 0.1) is 11.7 Å². The highest BCUT2D eigenvalue weighted by Crippen LogP contribution is 2.28. The van der Waals surface area contributed by atoms with Gasteiger partial charge >= 0.3 is 5.97 Å². The molecule has 1 aliphatic heterocycles. The van der Waals surface area contributed by atoms with E-state index in [2.05, 4.69) is 20.2 Å². The minimum atomic E-state index is -0.769. The number of likely N-dealkylation sites (tertiary alicyclic amines) is 1. The molecule has 1 atom stereocenters. The number of rotatable bonds is 5. The molecule has 4 rings (SSSR count). The van der Waals surface area contributed by atoms with Crippen molar-refractivity contribution in [3.05, 3.63) is 60.3 Å². The third-order valence-corrected chi connectivity index (χ3v) is 5.00. The minimum absolute atomic E-state index is 0.315. The molecule has 0 radical (unpaired) electrons. The fourth-order valence-corrected chi connectivity index (χ4v) is 3.62. The molecule has 0 saturated carbocycles. The van der Waals surface area contributed by atoms with Gasteiger partial charge in [-0.3, -0.25) is 14.7 Å². The summed E-state index contributed by atoms with van der Waals surface area (Å²) in [6, 6.07) is 10.1. The zero-order chi connectivity index (χ0) is 19.5. The number of benzene rings is 1. The SMILES string of the molecule is O=C(O)C1CCCN(Cc2nnn(-c3ccccc3F)c2-c2ccncc2)C1. The van der Waals surface area contributed by atoms with Gasteiger partial charge in [-0.2, -0.15) is 0 Å². The van der Waals surface area contributed by atoms with E-state index in [4.69, 9.17) is 0 Å². The van der Waals surface area contributed by atoms with Gasteiger partial charge in [-0.25, -0.2) is 9.07 Å². The first-order valence-electron chi connectivity index (χ1n) is 9.18. The molecule has 1 N–H and O–H groups in total. The average molecular weight is 381 g/mol. The topological polar surface area (TPSA) is 84.1 Å². The van der Waals surface area contributed by atoms with Crippen LogP contribution in [0.15, 0.2) is 48.8 Å². The number of aromatic nitrogens is 4. The maximum atomic E-state index is 14.4. The second kappa shape index (κ2) is 7.85. The van der Waals surface area contributed by atoms with E-state index >= 15 is 0 Å². The smallest absolute Gasteiger partial charge is 0.307 e. The zero-order valence-corrected chi connectivity index (χ0v) is 15.2. The number of hydrogen-bond acceptors (Lipinski definition) is 5. The van der Waals surface area contributed by atoms with Crippen LogP contribution in [0.5, 0.6) is 0 Å². The Morgan fingerprint density at radius 2 is 2.00 bits per heavy atom. The van der Waals surface area contributed by atoms with E-state index in [0.717, 1.165) is 18.5 Å². The highest BCUT2D eigenvalue weighted by atomic mass is 19.1. The van der Waals surface area contributed by atoms with E-state index in [-0.39, 0.29) is 5.92 Å². The molecule has 3 aromatic rings. The molecule has 0 spiro atoms. The number of para-hydroxylation sites is 1. The maximum absolute atomic E-state index is 14.4. The van der Waals surface area contributed by atoms with Crippen molar-refractivity contribution >= 4 is 5.97 Å². The van der Waals surface area contributed by atoms with Gasteiger partial charge in [0.05, 0.1) is 11.6 Å². The Labute approximate surface area is 161 Å². The van der Waals surface area contributed by atoms with Gasteiger partial charge in [-0.05, 0) is 43.7 Å². The lowest BCUT2D eigenvalue weighted by Gasteiger charge is -2.30. The number of aliphatic carboxylic acids is 1. The molecule has 0 amide bonds. The average Bonchev–Trinajstić information content (AvgIpc) is 3.12. The van der Waals surface area contributed by atoms with Crippen LogP contribution in [-0.4, -0.2) is 49.0 Å². The summed E-state index contributed by atoms with van der Waals surface area (Å²) in [5.41, 5.74) is 2.51. The largest absolute Gasteiger partial charge is 0.481 e. The van der Waals surface area contributed by atoms with Gasteiger partial charge < -0.3 is 5.11 Å². The van der Waals surface area contributed by atoms with Gasteiger partial charge in [0.1, 0.15) is 17.2 Å². The summed E-state index contributed by atoms with van der Waals surface area (Å²) < 4.78 is 15.9. The molecule has 3 heterocycles. The lowest BCUT2D eigenvalue weighted by Crippen LogP contribution is -2.38. The summed E-state index contributed by atoms with van der Waals surface area (Å²) in [4.78, 5) is 17.5. The van der Waals surface area contributed by atoms with E-state index in [1.807, 2.05) is 12.1 Å². The summed E-state index contributed by atoms with van der Waals surface area (Å²) in [5, 5.41) is 17.8. The molecule has 2 aromatic heterocycles.